The number of benzene rings is 1. The van der Waals surface area contributed by atoms with Gasteiger partial charge in [-0.2, -0.15) is 8.78 Å². The molecule has 0 aliphatic heterocycles. The molecule has 4 atom stereocenters. The van der Waals surface area contributed by atoms with Crippen LogP contribution in [0.3, 0.4) is 0 Å². The normalized spacial score (nSPS) is 31.8. The third-order valence-corrected chi connectivity index (χ3v) is 8.97. The van der Waals surface area contributed by atoms with Crippen LogP contribution >= 0.6 is 0 Å². The summed E-state index contributed by atoms with van der Waals surface area (Å²) < 4.78 is 38.6. The smallest absolute Gasteiger partial charge is 0.314 e. The number of esters is 1. The van der Waals surface area contributed by atoms with Crippen molar-refractivity contribution in [1.29, 1.82) is 0 Å². The Morgan fingerprint density at radius 3 is 2.38 bits per heavy atom. The van der Waals surface area contributed by atoms with Crippen molar-refractivity contribution in [3.8, 4) is 11.5 Å². The van der Waals surface area contributed by atoms with Crippen LogP contribution in [0.1, 0.15) is 84.0 Å². The largest absolute Gasteiger partial charge is 0.494 e. The van der Waals surface area contributed by atoms with Gasteiger partial charge in [0.25, 0.3) is 0 Å². The first-order chi connectivity index (χ1) is 16.5. The number of halogens is 2. The summed E-state index contributed by atoms with van der Waals surface area (Å²) in [5.41, 5.74) is 0. The second-order valence-electron chi connectivity index (χ2n) is 10.8. The lowest BCUT2D eigenvalue weighted by atomic mass is 9.59. The van der Waals surface area contributed by atoms with E-state index < -0.39 is 17.6 Å². The minimum absolute atomic E-state index is 0.194. The van der Waals surface area contributed by atoms with Crippen LogP contribution in [0.15, 0.2) is 24.3 Å². The van der Waals surface area contributed by atoms with E-state index in [0.29, 0.717) is 11.8 Å². The van der Waals surface area contributed by atoms with E-state index >= 15 is 0 Å². The molecule has 4 unspecified atom stereocenters. The van der Waals surface area contributed by atoms with Gasteiger partial charge < -0.3 is 9.47 Å². The lowest BCUT2D eigenvalue weighted by molar-refractivity contribution is -0.144. The summed E-state index contributed by atoms with van der Waals surface area (Å²) in [7, 11) is 1.28. The molecule has 1 aromatic rings. The Bertz CT molecular complexity index is 859. The Kier molecular flexibility index (Phi) is 8.65. The zero-order valence-corrected chi connectivity index (χ0v) is 20.7. The van der Waals surface area contributed by atoms with Crippen molar-refractivity contribution in [2.45, 2.75) is 84.0 Å². The highest BCUT2D eigenvalue weighted by Crippen LogP contribution is 2.50. The molecular formula is C29H40F2O3. The van der Waals surface area contributed by atoms with Gasteiger partial charge in [0.05, 0.1) is 13.0 Å². The average molecular weight is 475 g/mol. The molecule has 34 heavy (non-hydrogen) atoms. The number of fused-ring (bicyclic) bond motifs is 1. The maximum atomic E-state index is 14.3. The molecule has 0 amide bonds. The lowest BCUT2D eigenvalue weighted by Crippen LogP contribution is -2.40. The van der Waals surface area contributed by atoms with Gasteiger partial charge in [0.15, 0.2) is 11.5 Å². The number of hydrogen-bond donors (Lipinski definition) is 0. The van der Waals surface area contributed by atoms with E-state index in [-0.39, 0.29) is 17.4 Å². The fraction of sp³-hybridized carbons (Fsp3) is 0.690. The molecule has 1 aromatic carbocycles. The van der Waals surface area contributed by atoms with Crippen LogP contribution in [0.5, 0.6) is 11.5 Å². The fourth-order valence-corrected chi connectivity index (χ4v) is 7.10. The van der Waals surface area contributed by atoms with Gasteiger partial charge in [0, 0.05) is 0 Å². The van der Waals surface area contributed by atoms with Crippen molar-refractivity contribution < 1.29 is 23.0 Å². The van der Waals surface area contributed by atoms with Gasteiger partial charge in [-0.15, -0.1) is 0 Å². The van der Waals surface area contributed by atoms with E-state index in [4.69, 9.17) is 9.47 Å². The first kappa shape index (κ1) is 25.2. The number of carbonyl (C=O) groups is 1. The minimum Gasteiger partial charge on any atom is -0.494 e. The molecule has 0 spiro atoms. The second-order valence-corrected chi connectivity index (χ2v) is 10.8. The molecule has 3 fully saturated rings. The molecule has 3 aliphatic rings. The van der Waals surface area contributed by atoms with Crippen LogP contribution in [-0.4, -0.2) is 13.1 Å². The van der Waals surface area contributed by atoms with Crippen molar-refractivity contribution in [2.24, 2.45) is 35.5 Å². The quantitative estimate of drug-likeness (QED) is 0.229. The molecule has 3 aliphatic carbocycles. The zero-order valence-electron chi connectivity index (χ0n) is 20.7. The number of allylic oxidation sites excluding steroid dienone is 2. The Morgan fingerprint density at radius 1 is 0.941 bits per heavy atom. The van der Waals surface area contributed by atoms with Crippen LogP contribution in [0, 0.1) is 47.1 Å². The summed E-state index contributed by atoms with van der Waals surface area (Å²) >= 11 is 0. The number of hydrogen-bond acceptors (Lipinski definition) is 3. The van der Waals surface area contributed by atoms with Crippen molar-refractivity contribution >= 4 is 5.97 Å². The Labute approximate surface area is 203 Å². The summed E-state index contributed by atoms with van der Waals surface area (Å²) in [4.78, 5) is 13.0. The molecule has 0 N–H and O–H groups in total. The third kappa shape index (κ3) is 5.66. The van der Waals surface area contributed by atoms with Crippen LogP contribution < -0.4 is 9.47 Å². The Morgan fingerprint density at radius 2 is 1.65 bits per heavy atom. The van der Waals surface area contributed by atoms with E-state index in [0.717, 1.165) is 37.0 Å². The third-order valence-electron chi connectivity index (χ3n) is 8.97. The molecule has 4 rings (SSSR count). The number of methoxy groups -OCH3 is 1. The lowest BCUT2D eigenvalue weighted by Gasteiger charge is -2.46. The molecule has 3 saturated carbocycles. The molecule has 5 heteroatoms. The van der Waals surface area contributed by atoms with E-state index in [9.17, 15) is 13.6 Å². The average Bonchev–Trinajstić information content (AvgIpc) is 2.87. The topological polar surface area (TPSA) is 35.5 Å². The van der Waals surface area contributed by atoms with Gasteiger partial charge in [-0.05, 0) is 100 Å². The first-order valence-electron chi connectivity index (χ1n) is 13.4. The van der Waals surface area contributed by atoms with Crippen molar-refractivity contribution in [3.05, 3.63) is 35.9 Å². The van der Waals surface area contributed by atoms with E-state index in [1.54, 1.807) is 0 Å². The highest BCUT2D eigenvalue weighted by Gasteiger charge is 2.43. The summed E-state index contributed by atoms with van der Waals surface area (Å²) in [6.07, 6.45) is 18.8. The van der Waals surface area contributed by atoms with Crippen LogP contribution in [0.4, 0.5) is 8.78 Å². The molecule has 0 radical (unpaired) electrons. The number of ether oxygens (including phenoxy) is 2. The van der Waals surface area contributed by atoms with Gasteiger partial charge in [0.2, 0.25) is 11.6 Å². The maximum Gasteiger partial charge on any atom is 0.314 e. The second kappa shape index (κ2) is 11.7. The predicted molar refractivity (Wildman–Crippen MR) is 130 cm³/mol. The zero-order chi connectivity index (χ0) is 24.1. The Balaban J connectivity index is 1.32. The monoisotopic (exact) mass is 474 g/mol. The molecule has 188 valence electrons. The number of rotatable bonds is 7. The van der Waals surface area contributed by atoms with Crippen LogP contribution in [0.25, 0.3) is 0 Å². The summed E-state index contributed by atoms with van der Waals surface area (Å²) in [5, 5.41) is 0. The van der Waals surface area contributed by atoms with Crippen molar-refractivity contribution in [1.82, 2.24) is 0 Å². The standard InChI is InChI=1S/C29H40F2O3/c1-3-4-5-7-19-10-12-20(13-11-19)21-14-15-23-22(18-21)8-6-9-24(23)29(32)34-26-17-16-25(33-2)27(30)28(26)31/h3-4,16-17,19-24H,5-15,18H2,1-2H3/b4-3+. The highest BCUT2D eigenvalue weighted by molar-refractivity contribution is 5.75. The molecule has 0 bridgehead atoms. The van der Waals surface area contributed by atoms with Crippen molar-refractivity contribution in [2.75, 3.05) is 7.11 Å². The highest BCUT2D eigenvalue weighted by atomic mass is 19.2. The fourth-order valence-electron chi connectivity index (χ4n) is 7.10. The van der Waals surface area contributed by atoms with Gasteiger partial charge in [0.1, 0.15) is 0 Å². The van der Waals surface area contributed by atoms with Gasteiger partial charge >= 0.3 is 5.97 Å². The Hall–Kier alpha value is -1.91. The molecule has 0 aromatic heterocycles. The van der Waals surface area contributed by atoms with Gasteiger partial charge in [-0.3, -0.25) is 4.79 Å². The first-order valence-corrected chi connectivity index (χ1v) is 13.4. The van der Waals surface area contributed by atoms with Gasteiger partial charge in [-0.1, -0.05) is 37.8 Å². The molecular weight excluding hydrogens is 434 g/mol. The molecule has 0 heterocycles. The van der Waals surface area contributed by atoms with Gasteiger partial charge in [-0.25, -0.2) is 0 Å². The summed E-state index contributed by atoms with van der Waals surface area (Å²) in [6, 6.07) is 2.58. The van der Waals surface area contributed by atoms with Crippen molar-refractivity contribution in [3.63, 3.8) is 0 Å². The van der Waals surface area contributed by atoms with E-state index in [2.05, 4.69) is 19.1 Å². The number of carbonyl (C=O) groups excluding carboxylic acids is 1. The minimum atomic E-state index is -1.16. The molecule has 0 saturated heterocycles. The van der Waals surface area contributed by atoms with Crippen LogP contribution in [0.2, 0.25) is 0 Å². The summed E-state index contributed by atoms with van der Waals surface area (Å²) in [5.74, 6) is -0.0772. The van der Waals surface area contributed by atoms with Crippen LogP contribution in [-0.2, 0) is 4.79 Å². The molecule has 3 nitrogen and oxygen atoms in total. The van der Waals surface area contributed by atoms with E-state index in [1.165, 1.54) is 77.0 Å². The SMILES string of the molecule is C/C=C/CCC1CCC(C2CCC3C(CCCC3C(=O)Oc3ccc(OC)c(F)c3F)C2)CC1. The summed E-state index contributed by atoms with van der Waals surface area (Å²) in [6.45, 7) is 2.10. The van der Waals surface area contributed by atoms with E-state index in [1.807, 2.05) is 0 Å². The predicted octanol–water partition coefficient (Wildman–Crippen LogP) is 7.87. The maximum absolute atomic E-state index is 14.3.